The van der Waals surface area contributed by atoms with Gasteiger partial charge in [-0.3, -0.25) is 15.1 Å². The van der Waals surface area contributed by atoms with Crippen molar-refractivity contribution in [2.45, 2.75) is 26.4 Å². The molecular weight excluding hydrogens is 184 g/mol. The molecule has 0 fully saturated rings. The second kappa shape index (κ2) is 4.15. The van der Waals surface area contributed by atoms with Crippen LogP contribution in [0.25, 0.3) is 0 Å². The van der Waals surface area contributed by atoms with Crippen LogP contribution in [0.2, 0.25) is 0 Å². The van der Waals surface area contributed by atoms with Crippen molar-refractivity contribution >= 4 is 5.69 Å². The molecule has 1 aromatic rings. The van der Waals surface area contributed by atoms with E-state index in [-0.39, 0.29) is 5.69 Å². The molecule has 0 radical (unpaired) electrons. The molecule has 5 nitrogen and oxygen atoms in total. The molecule has 0 saturated heterocycles. The lowest BCUT2D eigenvalue weighted by molar-refractivity contribution is -0.385. The molecule has 1 atom stereocenters. The van der Waals surface area contributed by atoms with Gasteiger partial charge in [0.1, 0.15) is 0 Å². The first-order chi connectivity index (χ1) is 6.50. The maximum atomic E-state index is 10.6. The summed E-state index contributed by atoms with van der Waals surface area (Å²) in [7, 11) is 0. The summed E-state index contributed by atoms with van der Waals surface area (Å²) in [6.45, 7) is 3.25. The second-order valence-electron chi connectivity index (χ2n) is 3.27. The Labute approximate surface area is 81.6 Å². The molecule has 14 heavy (non-hydrogen) atoms. The van der Waals surface area contributed by atoms with E-state index in [0.29, 0.717) is 17.7 Å². The predicted octanol–water partition coefficient (Wildman–Crippen LogP) is 1.22. The summed E-state index contributed by atoms with van der Waals surface area (Å²) in [5.74, 6) is 0. The quantitative estimate of drug-likeness (QED) is 0.582. The highest BCUT2D eigenvalue weighted by Crippen LogP contribution is 2.17. The summed E-state index contributed by atoms with van der Waals surface area (Å²) in [6, 6.07) is 1.40. The van der Waals surface area contributed by atoms with Crippen molar-refractivity contribution in [3.8, 4) is 0 Å². The van der Waals surface area contributed by atoms with E-state index < -0.39 is 11.0 Å². The Morgan fingerprint density at radius 2 is 2.36 bits per heavy atom. The van der Waals surface area contributed by atoms with Crippen molar-refractivity contribution in [3.05, 3.63) is 33.6 Å². The third-order valence-corrected chi connectivity index (χ3v) is 1.83. The fourth-order valence-electron chi connectivity index (χ4n) is 1.17. The predicted molar refractivity (Wildman–Crippen MR) is 51.0 cm³/mol. The number of aliphatic hydroxyl groups excluding tert-OH is 1. The van der Waals surface area contributed by atoms with Crippen LogP contribution < -0.4 is 0 Å². The smallest absolute Gasteiger partial charge is 0.275 e. The highest BCUT2D eigenvalue weighted by atomic mass is 16.6. The molecule has 0 amide bonds. The van der Waals surface area contributed by atoms with Crippen LogP contribution in [-0.2, 0) is 6.42 Å². The first-order valence-electron chi connectivity index (χ1n) is 4.28. The molecule has 0 aliphatic heterocycles. The van der Waals surface area contributed by atoms with Crippen molar-refractivity contribution in [1.29, 1.82) is 0 Å². The summed E-state index contributed by atoms with van der Waals surface area (Å²) in [4.78, 5) is 14.1. The van der Waals surface area contributed by atoms with Crippen LogP contribution in [0.1, 0.15) is 18.2 Å². The van der Waals surface area contributed by atoms with Crippen LogP contribution in [0, 0.1) is 17.0 Å². The lowest BCUT2D eigenvalue weighted by atomic mass is 10.1. The SMILES string of the molecule is Cc1cnc(CC(C)O)cc1[N+](=O)[O-]. The minimum absolute atomic E-state index is 0.0515. The molecule has 1 aromatic heterocycles. The maximum absolute atomic E-state index is 10.6. The van der Waals surface area contributed by atoms with E-state index in [0.717, 1.165) is 0 Å². The van der Waals surface area contributed by atoms with E-state index in [1.54, 1.807) is 13.8 Å². The van der Waals surface area contributed by atoms with Gasteiger partial charge in [-0.15, -0.1) is 0 Å². The molecule has 0 aliphatic carbocycles. The van der Waals surface area contributed by atoms with Crippen molar-refractivity contribution in [2.24, 2.45) is 0 Å². The van der Waals surface area contributed by atoms with Gasteiger partial charge in [-0.25, -0.2) is 0 Å². The van der Waals surface area contributed by atoms with E-state index in [1.807, 2.05) is 0 Å². The molecule has 0 saturated carbocycles. The number of hydrogen-bond donors (Lipinski definition) is 1. The summed E-state index contributed by atoms with van der Waals surface area (Å²) >= 11 is 0. The van der Waals surface area contributed by atoms with Gasteiger partial charge >= 0.3 is 0 Å². The summed E-state index contributed by atoms with van der Waals surface area (Å²) in [6.07, 6.45) is 1.25. The number of nitro groups is 1. The molecule has 5 heteroatoms. The Bertz CT molecular complexity index is 350. The number of aliphatic hydroxyl groups is 1. The van der Waals surface area contributed by atoms with Crippen molar-refractivity contribution in [1.82, 2.24) is 4.98 Å². The monoisotopic (exact) mass is 196 g/mol. The lowest BCUT2D eigenvalue weighted by Crippen LogP contribution is -2.06. The Hall–Kier alpha value is -1.49. The van der Waals surface area contributed by atoms with E-state index in [2.05, 4.69) is 4.98 Å². The maximum Gasteiger partial charge on any atom is 0.275 e. The van der Waals surface area contributed by atoms with Crippen molar-refractivity contribution in [2.75, 3.05) is 0 Å². The summed E-state index contributed by atoms with van der Waals surface area (Å²) < 4.78 is 0. The number of nitrogens with zero attached hydrogens (tertiary/aromatic N) is 2. The third-order valence-electron chi connectivity index (χ3n) is 1.83. The lowest BCUT2D eigenvalue weighted by Gasteiger charge is -2.04. The largest absolute Gasteiger partial charge is 0.393 e. The van der Waals surface area contributed by atoms with E-state index >= 15 is 0 Å². The molecule has 0 spiro atoms. The minimum Gasteiger partial charge on any atom is -0.393 e. The standard InChI is InChI=1S/C9H12N2O3/c1-6-5-10-8(3-7(2)12)4-9(6)11(13)14/h4-5,7,12H,3H2,1-2H3. The van der Waals surface area contributed by atoms with Gasteiger partial charge in [-0.1, -0.05) is 0 Å². The molecule has 1 N–H and O–H groups in total. The molecule has 1 heterocycles. The molecule has 0 aliphatic rings. The van der Waals surface area contributed by atoms with Gasteiger partial charge in [0.15, 0.2) is 0 Å². The normalized spacial score (nSPS) is 12.5. The average molecular weight is 196 g/mol. The number of pyridine rings is 1. The van der Waals surface area contributed by atoms with Crippen LogP contribution >= 0.6 is 0 Å². The van der Waals surface area contributed by atoms with Gasteiger partial charge in [-0.05, 0) is 13.8 Å². The van der Waals surface area contributed by atoms with Gasteiger partial charge in [0, 0.05) is 29.9 Å². The van der Waals surface area contributed by atoms with Crippen LogP contribution in [0.3, 0.4) is 0 Å². The van der Waals surface area contributed by atoms with Crippen molar-refractivity contribution in [3.63, 3.8) is 0 Å². The number of rotatable bonds is 3. The van der Waals surface area contributed by atoms with Crippen molar-refractivity contribution < 1.29 is 10.0 Å². The summed E-state index contributed by atoms with van der Waals surface area (Å²) in [5, 5.41) is 19.7. The zero-order valence-electron chi connectivity index (χ0n) is 8.10. The highest BCUT2D eigenvalue weighted by Gasteiger charge is 2.12. The average Bonchev–Trinajstić information content (AvgIpc) is 2.07. The minimum atomic E-state index is -0.537. The zero-order chi connectivity index (χ0) is 10.7. The fraction of sp³-hybridized carbons (Fsp3) is 0.444. The van der Waals surface area contributed by atoms with Crippen LogP contribution in [-0.4, -0.2) is 21.1 Å². The molecule has 76 valence electrons. The Morgan fingerprint density at radius 1 is 1.71 bits per heavy atom. The molecule has 0 bridgehead atoms. The molecule has 0 aromatic carbocycles. The summed E-state index contributed by atoms with van der Waals surface area (Å²) in [5.41, 5.74) is 1.12. The van der Waals surface area contributed by atoms with E-state index in [9.17, 15) is 10.1 Å². The first-order valence-corrected chi connectivity index (χ1v) is 4.28. The number of hydrogen-bond acceptors (Lipinski definition) is 4. The first kappa shape index (κ1) is 10.6. The van der Waals surface area contributed by atoms with Gasteiger partial charge in [0.2, 0.25) is 0 Å². The Morgan fingerprint density at radius 3 is 2.86 bits per heavy atom. The molecule has 1 unspecified atom stereocenters. The fourth-order valence-corrected chi connectivity index (χ4v) is 1.17. The van der Waals surface area contributed by atoms with Crippen LogP contribution in [0.15, 0.2) is 12.3 Å². The topological polar surface area (TPSA) is 76.3 Å². The Balaban J connectivity index is 3.00. The van der Waals surface area contributed by atoms with Gasteiger partial charge in [0.05, 0.1) is 11.0 Å². The van der Waals surface area contributed by atoms with Crippen LogP contribution in [0.4, 0.5) is 5.69 Å². The number of aryl methyl sites for hydroxylation is 1. The van der Waals surface area contributed by atoms with Gasteiger partial charge < -0.3 is 5.11 Å². The second-order valence-corrected chi connectivity index (χ2v) is 3.27. The van der Waals surface area contributed by atoms with E-state index in [4.69, 9.17) is 5.11 Å². The zero-order valence-corrected chi connectivity index (χ0v) is 8.10. The van der Waals surface area contributed by atoms with Crippen LogP contribution in [0.5, 0.6) is 0 Å². The van der Waals surface area contributed by atoms with Gasteiger partial charge in [0.25, 0.3) is 5.69 Å². The Kier molecular flexibility index (Phi) is 3.14. The highest BCUT2D eigenvalue weighted by molar-refractivity contribution is 5.38. The third kappa shape index (κ3) is 2.50. The molecule has 1 rings (SSSR count). The van der Waals surface area contributed by atoms with E-state index in [1.165, 1.54) is 12.3 Å². The number of aromatic nitrogens is 1. The van der Waals surface area contributed by atoms with Gasteiger partial charge in [-0.2, -0.15) is 0 Å². The molecular formula is C9H12N2O3.